The van der Waals surface area contributed by atoms with E-state index in [1.54, 1.807) is 0 Å². The van der Waals surface area contributed by atoms with Crippen LogP contribution in [0.2, 0.25) is 5.02 Å². The molecule has 23 heteroatoms. The number of sulfonamides is 1. The number of sulfone groups is 1. The van der Waals surface area contributed by atoms with Gasteiger partial charge in [-0.2, -0.15) is 13.9 Å². The highest BCUT2D eigenvalue weighted by atomic mass is 35.5. The number of nitrogens with one attached hydrogen (secondary N) is 2. The molecule has 2 aromatic carbocycles. The molecule has 3 atom stereocenters. The first-order valence-corrected chi connectivity index (χ1v) is 23.3. The third kappa shape index (κ3) is 9.42. The first-order valence-electron chi connectivity index (χ1n) is 19.5. The van der Waals surface area contributed by atoms with E-state index in [0.717, 1.165) is 23.1 Å². The van der Waals surface area contributed by atoms with Gasteiger partial charge in [-0.3, -0.25) is 19.2 Å². The van der Waals surface area contributed by atoms with Crippen molar-refractivity contribution in [3.05, 3.63) is 87.3 Å². The summed E-state index contributed by atoms with van der Waals surface area (Å²) in [5, 5.41) is 5.73. The molecular formula is C41H38ClF8N7O5S2. The minimum atomic E-state index is -4.04. The number of carbonyl (C=O) groups is 1. The molecule has 2 aromatic heterocycles. The Kier molecular flexibility index (Phi) is 12.4. The van der Waals surface area contributed by atoms with Crippen molar-refractivity contribution in [2.45, 2.75) is 80.9 Å². The number of aromatic nitrogens is 3. The molecule has 4 N–H and O–H groups in total. The molecular weight excluding hydrogens is 922 g/mol. The van der Waals surface area contributed by atoms with E-state index in [2.05, 4.69) is 37.0 Å². The second-order valence-corrected chi connectivity index (χ2v) is 21.2. The number of nitrogens with two attached hydrogens (primary N) is 1. The van der Waals surface area contributed by atoms with E-state index in [-0.39, 0.29) is 56.2 Å². The molecule has 0 saturated heterocycles. The molecule has 0 aliphatic heterocycles. The largest absolute Gasteiger partial charge is 0.397 e. The van der Waals surface area contributed by atoms with Crippen LogP contribution in [0, 0.1) is 35.3 Å². The van der Waals surface area contributed by atoms with Crippen LogP contribution in [-0.4, -0.2) is 84.8 Å². The lowest BCUT2D eigenvalue weighted by Crippen LogP contribution is -2.35. The molecule has 12 nitrogen and oxygen atoms in total. The number of benzene rings is 2. The molecule has 1 amide bonds. The number of amides is 1. The Morgan fingerprint density at radius 2 is 1.70 bits per heavy atom. The summed E-state index contributed by atoms with van der Waals surface area (Å²) >= 11 is 6.61. The van der Waals surface area contributed by atoms with Gasteiger partial charge in [-0.1, -0.05) is 23.6 Å². The van der Waals surface area contributed by atoms with Crippen LogP contribution in [0.3, 0.4) is 0 Å². The number of anilines is 1. The summed E-state index contributed by atoms with van der Waals surface area (Å²) in [5.74, 6) is -4.33. The maximum atomic E-state index is 15.3. The number of hydrogen-bond donors (Lipinski definition) is 3. The highest BCUT2D eigenvalue weighted by Gasteiger charge is 2.67. The number of pyridine rings is 1. The second kappa shape index (κ2) is 16.9. The molecule has 342 valence electrons. The van der Waals surface area contributed by atoms with Gasteiger partial charge in [-0.15, -0.1) is 0 Å². The molecule has 2 heterocycles. The van der Waals surface area contributed by atoms with Crippen molar-refractivity contribution in [1.29, 1.82) is 0 Å². The molecule has 0 spiro atoms. The van der Waals surface area contributed by atoms with Crippen LogP contribution < -0.4 is 15.8 Å². The number of rotatable bonds is 14. The van der Waals surface area contributed by atoms with E-state index in [0.29, 0.717) is 18.9 Å². The lowest BCUT2D eigenvalue weighted by Gasteiger charge is -2.23. The van der Waals surface area contributed by atoms with Gasteiger partial charge in [-0.05, 0) is 87.3 Å². The number of fused-ring (bicyclic) bond motifs is 2. The molecule has 0 radical (unpaired) electrons. The first kappa shape index (κ1) is 46.7. The topological polar surface area (TPSA) is 178 Å². The smallest absolute Gasteiger partial charge is 0.292 e. The Balaban J connectivity index is 1.42. The summed E-state index contributed by atoms with van der Waals surface area (Å²) in [4.78, 5) is 22.2. The van der Waals surface area contributed by atoms with Gasteiger partial charge >= 0.3 is 0 Å². The van der Waals surface area contributed by atoms with Gasteiger partial charge in [0.05, 0.1) is 38.6 Å². The van der Waals surface area contributed by atoms with Crippen molar-refractivity contribution in [2.75, 3.05) is 17.5 Å². The van der Waals surface area contributed by atoms with E-state index in [9.17, 15) is 48.0 Å². The minimum Gasteiger partial charge on any atom is -0.397 e. The number of allylic oxidation sites excluding steroid dienone is 2. The van der Waals surface area contributed by atoms with Gasteiger partial charge in [0, 0.05) is 34.9 Å². The molecule has 3 aliphatic rings. The summed E-state index contributed by atoms with van der Waals surface area (Å²) in [6.07, 6.45) is -5.33. The Morgan fingerprint density at radius 3 is 2.31 bits per heavy atom. The van der Waals surface area contributed by atoms with Crippen LogP contribution in [0.5, 0.6) is 0 Å². The van der Waals surface area contributed by atoms with Crippen molar-refractivity contribution in [2.24, 2.45) is 22.6 Å². The fourth-order valence-electron chi connectivity index (χ4n) is 7.45. The van der Waals surface area contributed by atoms with Gasteiger partial charge < -0.3 is 11.1 Å². The van der Waals surface area contributed by atoms with Crippen LogP contribution in [0.1, 0.15) is 56.1 Å². The summed E-state index contributed by atoms with van der Waals surface area (Å²) in [5.41, 5.74) is 2.21. The van der Waals surface area contributed by atoms with Gasteiger partial charge in [0.15, 0.2) is 15.7 Å². The molecule has 4 aromatic rings. The lowest BCUT2D eigenvalue weighted by molar-refractivity contribution is -0.120. The Morgan fingerprint density at radius 1 is 1.05 bits per heavy atom. The lowest BCUT2D eigenvalue weighted by atomic mass is 9.93. The van der Waals surface area contributed by atoms with E-state index >= 15 is 8.78 Å². The molecule has 7 rings (SSSR count). The van der Waals surface area contributed by atoms with Gasteiger partial charge in [0.25, 0.3) is 18.8 Å². The first-order chi connectivity index (χ1) is 29.8. The quantitative estimate of drug-likeness (QED) is 0.0896. The van der Waals surface area contributed by atoms with Crippen molar-refractivity contribution in [1.82, 2.24) is 20.1 Å². The van der Waals surface area contributed by atoms with Crippen LogP contribution in [0.25, 0.3) is 22.0 Å². The SMILES string of the molecule is CC(C)(C#Cc1ccc(-c2ccc(Cl)c3c(NS(=O)(=O)C4CC4)nn(CC(F)F)c23)c([C@H](Cc2cc(F)cc(F)c2)NC(=O)CN=C2/C(=C(\N)C(F)F)C3C[C@H]3C2(F)F)n1)S(C)(=O)=O. The highest BCUT2D eigenvalue weighted by Crippen LogP contribution is 2.62. The monoisotopic (exact) mass is 959 g/mol. The summed E-state index contributed by atoms with van der Waals surface area (Å²) in [6.45, 7) is 0.477. The van der Waals surface area contributed by atoms with Crippen molar-refractivity contribution < 1.29 is 56.8 Å². The number of nitrogens with zero attached hydrogens (tertiary/aromatic N) is 4. The fraction of sp³-hybridized carbons (Fsp3) is 0.415. The normalized spacial score (nSPS) is 20.3. The number of halogens is 9. The average Bonchev–Trinajstić information content (AvgIpc) is 4.11. The summed E-state index contributed by atoms with van der Waals surface area (Å²) < 4.78 is 168. The predicted octanol–water partition coefficient (Wildman–Crippen LogP) is 6.98. The van der Waals surface area contributed by atoms with Gasteiger partial charge in [0.2, 0.25) is 15.9 Å². The number of carbonyl (C=O) groups excluding carboxylic acids is 1. The number of alkyl halides is 6. The third-order valence-electron chi connectivity index (χ3n) is 11.1. The molecule has 0 bridgehead atoms. The maximum absolute atomic E-state index is 15.3. The minimum absolute atomic E-state index is 0.00700. The molecule has 3 fully saturated rings. The Bertz CT molecular complexity index is 2910. The predicted molar refractivity (Wildman–Crippen MR) is 222 cm³/mol. The zero-order valence-corrected chi connectivity index (χ0v) is 36.3. The summed E-state index contributed by atoms with van der Waals surface area (Å²) in [6, 6.07) is 6.23. The van der Waals surface area contributed by atoms with Gasteiger partial charge in [0.1, 0.15) is 40.9 Å². The summed E-state index contributed by atoms with van der Waals surface area (Å²) in [7, 11) is -7.83. The molecule has 3 saturated carbocycles. The molecule has 64 heavy (non-hydrogen) atoms. The van der Waals surface area contributed by atoms with Crippen molar-refractivity contribution in [3.8, 4) is 23.0 Å². The van der Waals surface area contributed by atoms with E-state index < -0.39 is 121 Å². The van der Waals surface area contributed by atoms with Crippen molar-refractivity contribution >= 4 is 59.8 Å². The number of aliphatic imine (C=N–C) groups is 1. The highest BCUT2D eigenvalue weighted by molar-refractivity contribution is 7.93. The maximum Gasteiger partial charge on any atom is 0.292 e. The van der Waals surface area contributed by atoms with Gasteiger partial charge in [-0.25, -0.2) is 48.2 Å². The second-order valence-electron chi connectivity index (χ2n) is 16.3. The van der Waals surface area contributed by atoms with E-state index in [4.69, 9.17) is 17.3 Å². The molecule has 1 unspecified atom stereocenters. The van der Waals surface area contributed by atoms with E-state index in [1.807, 2.05) is 0 Å². The van der Waals surface area contributed by atoms with Crippen LogP contribution in [-0.2, 0) is 37.6 Å². The molecule has 3 aliphatic carbocycles. The Labute approximate surface area is 366 Å². The third-order valence-corrected chi connectivity index (χ3v) is 15.2. The van der Waals surface area contributed by atoms with E-state index in [1.165, 1.54) is 38.1 Å². The fourth-order valence-corrected chi connectivity index (χ4v) is 9.26. The number of hydrogen-bond acceptors (Lipinski definition) is 9. The average molecular weight is 960 g/mol. The van der Waals surface area contributed by atoms with Crippen molar-refractivity contribution in [3.63, 3.8) is 0 Å². The van der Waals surface area contributed by atoms with Crippen LogP contribution in [0.4, 0.5) is 40.9 Å². The zero-order valence-electron chi connectivity index (χ0n) is 33.9. The Hall–Kier alpha value is -5.27. The van der Waals surface area contributed by atoms with Crippen LogP contribution >= 0.6 is 11.6 Å². The zero-order chi connectivity index (χ0) is 46.8. The standard InChI is InChI=1S/C41H38ClF8N7O5S2/c1-40(2,63(3,59)60)11-10-22-4-7-24(25-8-9-28(42)33-36(25)57(18-30(45)46)55-39(33)56-64(61,62)23-5-6-23)35(53-22)29(14-19-12-20(43)15-21(44)13-19)54-31(58)17-52-37-32(34(51)38(47)48)26-16-27(26)41(37,49)50/h4,7-9,12-13,15,23,26-27,29-30,38H,5-6,14,16-18,51H2,1-3H3,(H,54,58)(H,55,56)/b34-32-,52-37?/t26?,27-,29+/m1/s1. The van der Waals surface area contributed by atoms with Crippen LogP contribution in [0.15, 0.2) is 58.7 Å².